The second kappa shape index (κ2) is 9.45. The van der Waals surface area contributed by atoms with Gasteiger partial charge in [0.2, 0.25) is 0 Å². The minimum Gasteiger partial charge on any atom is -0.501 e. The van der Waals surface area contributed by atoms with Crippen LogP contribution in [-0.2, 0) is 23.8 Å². The van der Waals surface area contributed by atoms with Crippen molar-refractivity contribution >= 4 is 11.9 Å². The van der Waals surface area contributed by atoms with Crippen LogP contribution in [-0.4, -0.2) is 31.8 Å². The van der Waals surface area contributed by atoms with Crippen LogP contribution in [0.2, 0.25) is 0 Å². The molecular formula is C12H18O5. The average molecular weight is 242 g/mol. The highest BCUT2D eigenvalue weighted by Crippen LogP contribution is 2.02. The van der Waals surface area contributed by atoms with Gasteiger partial charge in [0.05, 0.1) is 31.7 Å². The normalized spacial score (nSPS) is 11.4. The highest BCUT2D eigenvalue weighted by atomic mass is 16.5. The predicted molar refractivity (Wildman–Crippen MR) is 62.1 cm³/mol. The van der Waals surface area contributed by atoms with Crippen LogP contribution in [0.4, 0.5) is 0 Å². The van der Waals surface area contributed by atoms with E-state index in [-0.39, 0.29) is 18.8 Å². The largest absolute Gasteiger partial charge is 0.501 e. The molecule has 0 fully saturated rings. The molecule has 0 unspecified atom stereocenters. The third-order valence-corrected chi connectivity index (χ3v) is 1.57. The summed E-state index contributed by atoms with van der Waals surface area (Å²) in [6.07, 6.45) is 3.73. The summed E-state index contributed by atoms with van der Waals surface area (Å²) < 4.78 is 14.5. The van der Waals surface area contributed by atoms with E-state index in [9.17, 15) is 9.59 Å². The Bertz CT molecular complexity index is 304. The summed E-state index contributed by atoms with van der Waals surface area (Å²) in [6.45, 7) is 6.16. The number of carbonyl (C=O) groups is 2. The molecule has 0 saturated heterocycles. The van der Waals surface area contributed by atoms with E-state index < -0.39 is 11.9 Å². The Kier molecular flexibility index (Phi) is 8.46. The van der Waals surface area contributed by atoms with Gasteiger partial charge in [0.25, 0.3) is 0 Å². The van der Waals surface area contributed by atoms with E-state index in [0.29, 0.717) is 6.61 Å². The van der Waals surface area contributed by atoms with Gasteiger partial charge in [0.1, 0.15) is 0 Å². The molecule has 96 valence electrons. The van der Waals surface area contributed by atoms with Gasteiger partial charge in [-0.1, -0.05) is 0 Å². The Morgan fingerprint density at radius 2 is 1.59 bits per heavy atom. The molecule has 17 heavy (non-hydrogen) atoms. The van der Waals surface area contributed by atoms with Crippen molar-refractivity contribution in [2.75, 3.05) is 19.8 Å². The van der Waals surface area contributed by atoms with Gasteiger partial charge in [-0.3, -0.25) is 0 Å². The summed E-state index contributed by atoms with van der Waals surface area (Å²) in [4.78, 5) is 22.5. The Morgan fingerprint density at radius 1 is 0.941 bits per heavy atom. The molecule has 0 bridgehead atoms. The molecule has 5 heteroatoms. The van der Waals surface area contributed by atoms with Crippen molar-refractivity contribution in [3.05, 3.63) is 24.0 Å². The quantitative estimate of drug-likeness (QED) is 0.293. The molecule has 0 rings (SSSR count). The van der Waals surface area contributed by atoms with Gasteiger partial charge in [-0.25, -0.2) is 9.59 Å². The van der Waals surface area contributed by atoms with E-state index in [1.165, 1.54) is 12.3 Å². The fourth-order valence-electron chi connectivity index (χ4n) is 0.891. The summed E-state index contributed by atoms with van der Waals surface area (Å²) in [5.74, 6) is -1.05. The first-order chi connectivity index (χ1) is 8.15. The van der Waals surface area contributed by atoms with Crippen LogP contribution in [0, 0.1) is 0 Å². The topological polar surface area (TPSA) is 61.8 Å². The van der Waals surface area contributed by atoms with Crippen LogP contribution in [0.15, 0.2) is 24.0 Å². The van der Waals surface area contributed by atoms with Gasteiger partial charge < -0.3 is 14.2 Å². The molecule has 0 aromatic carbocycles. The molecule has 0 atom stereocenters. The zero-order valence-corrected chi connectivity index (χ0v) is 10.4. The summed E-state index contributed by atoms with van der Waals surface area (Å²) >= 11 is 0. The summed E-state index contributed by atoms with van der Waals surface area (Å²) in [5, 5.41) is 0. The lowest BCUT2D eigenvalue weighted by Crippen LogP contribution is -2.07. The third kappa shape index (κ3) is 7.16. The molecule has 0 N–H and O–H groups in total. The first-order valence-corrected chi connectivity index (χ1v) is 5.49. The highest BCUT2D eigenvalue weighted by Gasteiger charge is 2.08. The van der Waals surface area contributed by atoms with Crippen molar-refractivity contribution in [1.82, 2.24) is 0 Å². The summed E-state index contributed by atoms with van der Waals surface area (Å²) in [7, 11) is 0. The zero-order valence-electron chi connectivity index (χ0n) is 10.4. The van der Waals surface area contributed by atoms with Gasteiger partial charge >= 0.3 is 11.9 Å². The van der Waals surface area contributed by atoms with Crippen molar-refractivity contribution in [1.29, 1.82) is 0 Å². The number of hydrogen-bond donors (Lipinski definition) is 0. The van der Waals surface area contributed by atoms with Gasteiger partial charge in [0.15, 0.2) is 0 Å². The second-order valence-corrected chi connectivity index (χ2v) is 2.83. The molecule has 0 aliphatic rings. The van der Waals surface area contributed by atoms with Crippen LogP contribution in [0.25, 0.3) is 0 Å². The SMILES string of the molecule is CCOC=C(C=CC(=O)OCC)C(=O)OCC. The Labute approximate surface area is 101 Å². The van der Waals surface area contributed by atoms with E-state index in [1.54, 1.807) is 20.8 Å². The van der Waals surface area contributed by atoms with E-state index in [1.807, 2.05) is 0 Å². The van der Waals surface area contributed by atoms with Crippen LogP contribution in [0.1, 0.15) is 20.8 Å². The van der Waals surface area contributed by atoms with Crippen molar-refractivity contribution < 1.29 is 23.8 Å². The first-order valence-electron chi connectivity index (χ1n) is 5.49. The standard InChI is InChI=1S/C12H18O5/c1-4-15-9-10(12(14)17-6-3)7-8-11(13)16-5-2/h7-9H,4-6H2,1-3H3. The fourth-order valence-corrected chi connectivity index (χ4v) is 0.891. The molecule has 0 saturated carbocycles. The molecular weight excluding hydrogens is 224 g/mol. The monoisotopic (exact) mass is 242 g/mol. The Hall–Kier alpha value is -1.78. The molecule has 0 aromatic rings. The van der Waals surface area contributed by atoms with Crippen molar-refractivity contribution in [3.63, 3.8) is 0 Å². The second-order valence-electron chi connectivity index (χ2n) is 2.83. The lowest BCUT2D eigenvalue weighted by molar-refractivity contribution is -0.138. The molecule has 0 amide bonds. The summed E-state index contributed by atoms with van der Waals surface area (Å²) in [6, 6.07) is 0. The first kappa shape index (κ1) is 15.2. The van der Waals surface area contributed by atoms with Gasteiger partial charge in [-0.2, -0.15) is 0 Å². The molecule has 0 aromatic heterocycles. The van der Waals surface area contributed by atoms with Crippen LogP contribution in [0.5, 0.6) is 0 Å². The lowest BCUT2D eigenvalue weighted by Gasteiger charge is -2.03. The maximum absolute atomic E-state index is 11.4. The third-order valence-electron chi connectivity index (χ3n) is 1.57. The Balaban J connectivity index is 4.59. The van der Waals surface area contributed by atoms with Crippen LogP contribution < -0.4 is 0 Å². The van der Waals surface area contributed by atoms with Crippen molar-refractivity contribution in [2.45, 2.75) is 20.8 Å². The maximum atomic E-state index is 11.4. The zero-order chi connectivity index (χ0) is 13.1. The summed E-state index contributed by atoms with van der Waals surface area (Å²) in [5.41, 5.74) is 0.168. The smallest absolute Gasteiger partial charge is 0.341 e. The number of esters is 2. The van der Waals surface area contributed by atoms with E-state index >= 15 is 0 Å². The average Bonchev–Trinajstić information content (AvgIpc) is 2.29. The molecule has 0 radical (unpaired) electrons. The highest BCUT2D eigenvalue weighted by molar-refractivity contribution is 5.93. The predicted octanol–water partition coefficient (Wildman–Crippen LogP) is 1.59. The van der Waals surface area contributed by atoms with E-state index in [0.717, 1.165) is 6.08 Å². The Morgan fingerprint density at radius 3 is 2.12 bits per heavy atom. The minimum absolute atomic E-state index is 0.168. The van der Waals surface area contributed by atoms with Crippen LogP contribution >= 0.6 is 0 Å². The van der Waals surface area contributed by atoms with E-state index in [4.69, 9.17) is 14.2 Å². The van der Waals surface area contributed by atoms with Gasteiger partial charge in [0, 0.05) is 6.08 Å². The lowest BCUT2D eigenvalue weighted by atomic mass is 10.2. The van der Waals surface area contributed by atoms with Crippen LogP contribution in [0.3, 0.4) is 0 Å². The van der Waals surface area contributed by atoms with Crippen molar-refractivity contribution in [2.24, 2.45) is 0 Å². The maximum Gasteiger partial charge on any atom is 0.341 e. The molecule has 0 aliphatic heterocycles. The minimum atomic E-state index is -0.540. The molecule has 0 spiro atoms. The van der Waals surface area contributed by atoms with Gasteiger partial charge in [-0.05, 0) is 26.8 Å². The van der Waals surface area contributed by atoms with E-state index in [2.05, 4.69) is 0 Å². The van der Waals surface area contributed by atoms with Gasteiger partial charge in [-0.15, -0.1) is 0 Å². The fraction of sp³-hybridized carbons (Fsp3) is 0.500. The number of ether oxygens (including phenoxy) is 3. The molecule has 0 heterocycles. The molecule has 5 nitrogen and oxygen atoms in total. The molecule has 0 aliphatic carbocycles. The number of rotatable bonds is 7. The number of carbonyl (C=O) groups excluding carboxylic acids is 2. The van der Waals surface area contributed by atoms with Crippen molar-refractivity contribution in [3.8, 4) is 0 Å². The number of hydrogen-bond acceptors (Lipinski definition) is 5.